The van der Waals surface area contributed by atoms with Crippen molar-refractivity contribution < 1.29 is 0 Å². The number of rotatable bonds is 5. The summed E-state index contributed by atoms with van der Waals surface area (Å²) in [5, 5.41) is 12.4. The van der Waals surface area contributed by atoms with Crippen LogP contribution in [0.4, 0.5) is 5.69 Å². The molecular weight excluding hydrogens is 284 g/mol. The van der Waals surface area contributed by atoms with Gasteiger partial charge >= 0.3 is 0 Å². The first kappa shape index (κ1) is 13.4. The van der Waals surface area contributed by atoms with Gasteiger partial charge in [0, 0.05) is 10.5 Å². The van der Waals surface area contributed by atoms with Gasteiger partial charge in [-0.25, -0.2) is 0 Å². The average Bonchev–Trinajstić information content (AvgIpc) is 2.28. The fourth-order valence-corrected chi connectivity index (χ4v) is 2.32. The number of hydrogen-bond donors (Lipinski definition) is 1. The van der Waals surface area contributed by atoms with Crippen LogP contribution in [-0.2, 0) is 0 Å². The van der Waals surface area contributed by atoms with Crippen LogP contribution in [-0.4, -0.2) is 18.1 Å². The van der Waals surface area contributed by atoms with E-state index in [-0.39, 0.29) is 0 Å². The quantitative estimate of drug-likeness (QED) is 0.896. The fraction of sp³-hybridized carbons (Fsp3) is 0.417. The van der Waals surface area contributed by atoms with Crippen LogP contribution in [0.2, 0.25) is 0 Å². The molecule has 4 heteroatoms. The van der Waals surface area contributed by atoms with Gasteiger partial charge in [-0.1, -0.05) is 15.9 Å². The molecule has 1 aromatic carbocycles. The molecule has 0 spiro atoms. The lowest BCUT2D eigenvalue weighted by Crippen LogP contribution is -2.16. The Hall–Kier alpha value is -0.660. The average molecular weight is 299 g/mol. The Labute approximate surface area is 110 Å². The van der Waals surface area contributed by atoms with Crippen molar-refractivity contribution in [2.75, 3.05) is 17.3 Å². The number of anilines is 1. The van der Waals surface area contributed by atoms with E-state index in [0.29, 0.717) is 11.6 Å². The number of thioether (sulfide) groups is 1. The second-order valence-electron chi connectivity index (χ2n) is 3.63. The summed E-state index contributed by atoms with van der Waals surface area (Å²) in [6.07, 6.45) is 3.20. The maximum Gasteiger partial charge on any atom is 0.101 e. The predicted octanol–water partition coefficient (Wildman–Crippen LogP) is 3.87. The molecule has 0 heterocycles. The lowest BCUT2D eigenvalue weighted by molar-refractivity contribution is 0.772. The summed E-state index contributed by atoms with van der Waals surface area (Å²) in [7, 11) is 0. The Kier molecular flexibility index (Phi) is 5.72. The Bertz CT molecular complexity index is 387. The molecule has 0 saturated heterocycles. The normalized spacial score (nSPS) is 11.9. The van der Waals surface area contributed by atoms with E-state index in [0.717, 1.165) is 22.3 Å². The molecule has 0 radical (unpaired) electrons. The predicted molar refractivity (Wildman–Crippen MR) is 74.9 cm³/mol. The number of nitrogens with one attached hydrogen (secondary N) is 1. The van der Waals surface area contributed by atoms with Crippen molar-refractivity contribution >= 4 is 33.4 Å². The monoisotopic (exact) mass is 298 g/mol. The molecule has 1 N–H and O–H groups in total. The second kappa shape index (κ2) is 6.82. The zero-order valence-electron chi connectivity index (χ0n) is 9.46. The molecule has 1 atom stereocenters. The van der Waals surface area contributed by atoms with Crippen molar-refractivity contribution in [3.63, 3.8) is 0 Å². The summed E-state index contributed by atoms with van der Waals surface area (Å²) >= 11 is 5.20. The van der Waals surface area contributed by atoms with Gasteiger partial charge < -0.3 is 5.32 Å². The fourth-order valence-electron chi connectivity index (χ4n) is 1.37. The van der Waals surface area contributed by atoms with Crippen molar-refractivity contribution in [1.82, 2.24) is 0 Å². The molecule has 2 nitrogen and oxygen atoms in total. The molecule has 0 fully saturated rings. The van der Waals surface area contributed by atoms with E-state index in [4.69, 9.17) is 5.26 Å². The number of hydrogen-bond acceptors (Lipinski definition) is 3. The number of halogens is 1. The highest BCUT2D eigenvalue weighted by Gasteiger charge is 2.06. The molecule has 0 aromatic heterocycles. The van der Waals surface area contributed by atoms with Crippen LogP contribution >= 0.6 is 27.7 Å². The van der Waals surface area contributed by atoms with Gasteiger partial charge in [0.1, 0.15) is 6.07 Å². The van der Waals surface area contributed by atoms with E-state index in [1.165, 1.54) is 0 Å². The first-order valence-electron chi connectivity index (χ1n) is 5.12. The summed E-state index contributed by atoms with van der Waals surface area (Å²) in [5.41, 5.74) is 1.60. The van der Waals surface area contributed by atoms with E-state index in [1.807, 2.05) is 30.0 Å². The van der Waals surface area contributed by atoms with Crippen LogP contribution in [0.15, 0.2) is 22.7 Å². The van der Waals surface area contributed by atoms with Gasteiger partial charge in [-0.3, -0.25) is 0 Å². The largest absolute Gasteiger partial charge is 0.381 e. The van der Waals surface area contributed by atoms with Crippen molar-refractivity contribution in [3.8, 4) is 6.07 Å². The van der Waals surface area contributed by atoms with E-state index >= 15 is 0 Å². The summed E-state index contributed by atoms with van der Waals surface area (Å²) in [6.45, 7) is 2.14. The number of benzene rings is 1. The van der Waals surface area contributed by atoms with Crippen LogP contribution in [0.5, 0.6) is 0 Å². The number of nitriles is 1. The lowest BCUT2D eigenvalue weighted by Gasteiger charge is -2.15. The highest BCUT2D eigenvalue weighted by atomic mass is 79.9. The molecule has 0 saturated carbocycles. The molecule has 0 aliphatic rings. The molecule has 0 aliphatic carbocycles. The van der Waals surface area contributed by atoms with Crippen molar-refractivity contribution in [2.45, 2.75) is 19.4 Å². The number of nitrogens with zero attached hydrogens (tertiary/aromatic N) is 1. The minimum Gasteiger partial charge on any atom is -0.381 e. The van der Waals surface area contributed by atoms with Crippen molar-refractivity contribution in [1.29, 1.82) is 5.26 Å². The Morgan fingerprint density at radius 1 is 1.56 bits per heavy atom. The van der Waals surface area contributed by atoms with E-state index in [2.05, 4.69) is 40.5 Å². The lowest BCUT2D eigenvalue weighted by atomic mass is 10.1. The molecule has 0 amide bonds. The van der Waals surface area contributed by atoms with Gasteiger partial charge in [0.2, 0.25) is 0 Å². The van der Waals surface area contributed by atoms with Crippen LogP contribution < -0.4 is 5.32 Å². The molecular formula is C12H15BrN2S. The first-order valence-corrected chi connectivity index (χ1v) is 7.31. The maximum atomic E-state index is 9.02. The highest BCUT2D eigenvalue weighted by Crippen LogP contribution is 2.21. The zero-order chi connectivity index (χ0) is 12.0. The summed E-state index contributed by atoms with van der Waals surface area (Å²) < 4.78 is 0.936. The molecule has 0 aliphatic heterocycles. The van der Waals surface area contributed by atoms with Crippen LogP contribution in [0.3, 0.4) is 0 Å². The van der Waals surface area contributed by atoms with Gasteiger partial charge in [-0.15, -0.1) is 0 Å². The van der Waals surface area contributed by atoms with Gasteiger partial charge in [0.25, 0.3) is 0 Å². The van der Waals surface area contributed by atoms with Crippen LogP contribution in [0, 0.1) is 11.3 Å². The first-order chi connectivity index (χ1) is 7.67. The smallest absolute Gasteiger partial charge is 0.101 e. The third kappa shape index (κ3) is 4.07. The summed E-state index contributed by atoms with van der Waals surface area (Å²) in [4.78, 5) is 0. The summed E-state index contributed by atoms with van der Waals surface area (Å²) in [6, 6.07) is 8.32. The third-order valence-corrected chi connectivity index (χ3v) is 3.40. The molecule has 0 bridgehead atoms. The van der Waals surface area contributed by atoms with Gasteiger partial charge in [-0.2, -0.15) is 17.0 Å². The Morgan fingerprint density at radius 3 is 2.94 bits per heavy atom. The van der Waals surface area contributed by atoms with E-state index in [1.54, 1.807) is 0 Å². The molecule has 1 rings (SSSR count). The molecule has 1 unspecified atom stereocenters. The topological polar surface area (TPSA) is 35.8 Å². The third-order valence-electron chi connectivity index (χ3n) is 2.26. The van der Waals surface area contributed by atoms with Gasteiger partial charge in [0.15, 0.2) is 0 Å². The molecule has 1 aromatic rings. The standard InChI is InChI=1S/C12H15BrN2S/c1-9(5-6-16-2)15-12-4-3-11(13)7-10(12)8-14/h3-4,7,9,15H,5-6H2,1-2H3. The minimum absolute atomic E-state index is 0.390. The minimum atomic E-state index is 0.390. The molecule has 86 valence electrons. The van der Waals surface area contributed by atoms with Crippen LogP contribution in [0.25, 0.3) is 0 Å². The van der Waals surface area contributed by atoms with Gasteiger partial charge in [-0.05, 0) is 43.6 Å². The van der Waals surface area contributed by atoms with E-state index < -0.39 is 0 Å². The Morgan fingerprint density at radius 2 is 2.31 bits per heavy atom. The van der Waals surface area contributed by atoms with Crippen molar-refractivity contribution in [3.05, 3.63) is 28.2 Å². The van der Waals surface area contributed by atoms with Crippen molar-refractivity contribution in [2.24, 2.45) is 0 Å². The second-order valence-corrected chi connectivity index (χ2v) is 5.53. The van der Waals surface area contributed by atoms with Crippen LogP contribution in [0.1, 0.15) is 18.9 Å². The zero-order valence-corrected chi connectivity index (χ0v) is 11.9. The molecule has 16 heavy (non-hydrogen) atoms. The van der Waals surface area contributed by atoms with Gasteiger partial charge in [0.05, 0.1) is 11.3 Å². The highest BCUT2D eigenvalue weighted by molar-refractivity contribution is 9.10. The summed E-state index contributed by atoms with van der Waals surface area (Å²) in [5.74, 6) is 1.13. The Balaban J connectivity index is 2.70. The SMILES string of the molecule is CSCCC(C)Nc1ccc(Br)cc1C#N. The van der Waals surface area contributed by atoms with E-state index in [9.17, 15) is 0 Å². The maximum absolute atomic E-state index is 9.02.